The van der Waals surface area contributed by atoms with E-state index < -0.39 is 5.97 Å². The van der Waals surface area contributed by atoms with Crippen molar-refractivity contribution in [1.82, 2.24) is 0 Å². The normalized spacial score (nSPS) is 11.8. The molecule has 1 N–H and O–H groups in total. The molecule has 0 heterocycles. The van der Waals surface area contributed by atoms with Gasteiger partial charge < -0.3 is 5.11 Å². The fourth-order valence-electron chi connectivity index (χ4n) is 0.556. The zero-order chi connectivity index (χ0) is 6.57. The molecule has 0 aliphatic carbocycles. The summed E-state index contributed by atoms with van der Waals surface area (Å²) in [5, 5.41) is 8.31. The zero-order valence-electron chi connectivity index (χ0n) is 5.35. The molecule has 1 unspecified atom stereocenters. The summed E-state index contributed by atoms with van der Waals surface area (Å²) in [7, 11) is 0. The van der Waals surface area contributed by atoms with E-state index in [2.05, 4.69) is 0 Å². The number of carboxylic acid groups (broad SMARTS) is 1. The fourth-order valence-corrected chi connectivity index (χ4v) is 0.556. The van der Waals surface area contributed by atoms with Crippen molar-refractivity contribution in [3.05, 3.63) is 0 Å². The number of hydrogen-bond donors (Lipinski definition) is 1. The van der Waals surface area contributed by atoms with Crippen LogP contribution in [0.3, 0.4) is 0 Å². The predicted molar refractivity (Wildman–Crippen MR) is 40.3 cm³/mol. The maximum absolute atomic E-state index is 10.1. The fraction of sp³-hybridized carbons (Fsp3) is 0.833. The Kier molecular flexibility index (Phi) is 9.44. The van der Waals surface area contributed by atoms with Crippen molar-refractivity contribution in [3.8, 4) is 0 Å². The van der Waals surface area contributed by atoms with Gasteiger partial charge in [0.15, 0.2) is 0 Å². The van der Waals surface area contributed by atoms with Crippen LogP contribution in [0.2, 0.25) is 0 Å². The van der Waals surface area contributed by atoms with E-state index in [9.17, 15) is 4.79 Å². The maximum atomic E-state index is 10.1. The van der Waals surface area contributed by atoms with Crippen LogP contribution in [0.15, 0.2) is 0 Å². The molecule has 2 nitrogen and oxygen atoms in total. The van der Waals surface area contributed by atoms with E-state index in [1.54, 1.807) is 6.92 Å². The van der Waals surface area contributed by atoms with E-state index in [4.69, 9.17) is 5.11 Å². The van der Waals surface area contributed by atoms with Gasteiger partial charge in [-0.3, -0.25) is 4.79 Å². The molecule has 3 heteroatoms. The van der Waals surface area contributed by atoms with Gasteiger partial charge in [0.25, 0.3) is 0 Å². The molecule has 52 valence electrons. The van der Waals surface area contributed by atoms with Crippen LogP contribution in [0.5, 0.6) is 0 Å². The third-order valence-electron chi connectivity index (χ3n) is 1.14. The summed E-state index contributed by atoms with van der Waals surface area (Å²) in [5.74, 6) is -0.855. The average molecular weight is 158 g/mol. The Hall–Kier alpha value is 0.730. The molecule has 0 fully saturated rings. The van der Waals surface area contributed by atoms with E-state index in [0.29, 0.717) is 0 Å². The summed E-state index contributed by atoms with van der Waals surface area (Å²) in [5.41, 5.74) is 0. The topological polar surface area (TPSA) is 37.3 Å². The summed E-state index contributed by atoms with van der Waals surface area (Å²) < 4.78 is 0. The molecule has 0 spiro atoms. The molecular formula is C6H14CaO2. The first-order valence-electron chi connectivity index (χ1n) is 2.91. The third-order valence-corrected chi connectivity index (χ3v) is 1.14. The molecule has 0 saturated carbocycles. The molecule has 0 saturated heterocycles. The number of carboxylic acids is 1. The molecule has 0 rings (SSSR count). The van der Waals surface area contributed by atoms with Gasteiger partial charge >= 0.3 is 43.7 Å². The second-order valence-electron chi connectivity index (χ2n) is 2.03. The van der Waals surface area contributed by atoms with Gasteiger partial charge in [-0.2, -0.15) is 0 Å². The molecule has 1 atom stereocenters. The second kappa shape index (κ2) is 6.84. The number of aliphatic carboxylic acids is 1. The van der Waals surface area contributed by atoms with Crippen molar-refractivity contribution in [1.29, 1.82) is 0 Å². The first-order valence-corrected chi connectivity index (χ1v) is 2.91. The van der Waals surface area contributed by atoms with E-state index in [1.807, 2.05) is 6.92 Å². The quantitative estimate of drug-likeness (QED) is 0.610. The number of carbonyl (C=O) groups is 1. The van der Waals surface area contributed by atoms with Gasteiger partial charge in [0.1, 0.15) is 0 Å². The zero-order valence-corrected chi connectivity index (χ0v) is 5.35. The average Bonchev–Trinajstić information content (AvgIpc) is 1.67. The predicted octanol–water partition coefficient (Wildman–Crippen LogP) is 0.591. The van der Waals surface area contributed by atoms with Crippen LogP contribution >= 0.6 is 0 Å². The van der Waals surface area contributed by atoms with Crippen LogP contribution in [0.4, 0.5) is 0 Å². The Morgan fingerprint density at radius 3 is 2.22 bits per heavy atom. The van der Waals surface area contributed by atoms with Gasteiger partial charge in [-0.15, -0.1) is 0 Å². The molecule has 0 radical (unpaired) electrons. The van der Waals surface area contributed by atoms with Crippen LogP contribution in [0.25, 0.3) is 0 Å². The molecule has 0 bridgehead atoms. The first kappa shape index (κ1) is 12.4. The molecule has 0 aromatic rings. The van der Waals surface area contributed by atoms with E-state index >= 15 is 0 Å². The minimum absolute atomic E-state index is 0. The van der Waals surface area contributed by atoms with Crippen molar-refractivity contribution < 1.29 is 9.90 Å². The summed E-state index contributed by atoms with van der Waals surface area (Å²) in [6, 6.07) is 0. The first-order chi connectivity index (χ1) is 3.68. The third kappa shape index (κ3) is 6.62. The second-order valence-corrected chi connectivity index (χ2v) is 2.03. The van der Waals surface area contributed by atoms with Gasteiger partial charge in [0.2, 0.25) is 0 Å². The Bertz CT molecular complexity index is 83.1. The van der Waals surface area contributed by atoms with Crippen LogP contribution in [-0.2, 0) is 4.79 Å². The van der Waals surface area contributed by atoms with Crippen LogP contribution < -0.4 is 0 Å². The monoisotopic (exact) mass is 158 g/mol. The molecule has 0 aliphatic rings. The van der Waals surface area contributed by atoms with Gasteiger partial charge in [-0.05, 0) is 6.42 Å². The number of rotatable bonds is 3. The van der Waals surface area contributed by atoms with Crippen LogP contribution in [0, 0.1) is 5.92 Å². The summed E-state index contributed by atoms with van der Waals surface area (Å²) in [6.45, 7) is 3.71. The van der Waals surface area contributed by atoms with E-state index in [-0.39, 0.29) is 43.7 Å². The van der Waals surface area contributed by atoms with Crippen molar-refractivity contribution in [2.45, 2.75) is 26.7 Å². The van der Waals surface area contributed by atoms with Crippen molar-refractivity contribution >= 4 is 43.7 Å². The SMILES string of the molecule is CCCC(C)C(=O)O.[CaH2]. The minimum atomic E-state index is -0.688. The molecule has 0 aromatic heterocycles. The molecule has 0 aromatic carbocycles. The van der Waals surface area contributed by atoms with Crippen LogP contribution in [-0.4, -0.2) is 48.8 Å². The number of hydrogen-bond acceptors (Lipinski definition) is 1. The van der Waals surface area contributed by atoms with Crippen molar-refractivity contribution in [2.75, 3.05) is 0 Å². The van der Waals surface area contributed by atoms with Gasteiger partial charge in [-0.1, -0.05) is 20.3 Å². The summed E-state index contributed by atoms with van der Waals surface area (Å²) in [6.07, 6.45) is 1.74. The molecule has 0 amide bonds. The molecule has 0 aliphatic heterocycles. The van der Waals surface area contributed by atoms with Crippen LogP contribution in [0.1, 0.15) is 26.7 Å². The van der Waals surface area contributed by atoms with E-state index in [1.165, 1.54) is 0 Å². The summed E-state index contributed by atoms with van der Waals surface area (Å²) >= 11 is 0. The Morgan fingerprint density at radius 2 is 2.11 bits per heavy atom. The van der Waals surface area contributed by atoms with Crippen molar-refractivity contribution in [2.24, 2.45) is 5.92 Å². The Labute approximate surface area is 85.6 Å². The Balaban J connectivity index is 0. The summed E-state index contributed by atoms with van der Waals surface area (Å²) in [4.78, 5) is 10.1. The van der Waals surface area contributed by atoms with Gasteiger partial charge in [0, 0.05) is 0 Å². The van der Waals surface area contributed by atoms with Gasteiger partial charge in [0.05, 0.1) is 5.92 Å². The molecular weight excluding hydrogens is 144 g/mol. The molecule has 9 heavy (non-hydrogen) atoms. The van der Waals surface area contributed by atoms with Crippen molar-refractivity contribution in [3.63, 3.8) is 0 Å². The standard InChI is InChI=1S/C6H12O2.Ca.2H/c1-3-4-5(2)6(7)8;;;/h5H,3-4H2,1-2H3,(H,7,8);;;. The van der Waals surface area contributed by atoms with Gasteiger partial charge in [-0.25, -0.2) is 0 Å². The van der Waals surface area contributed by atoms with E-state index in [0.717, 1.165) is 12.8 Å². The Morgan fingerprint density at radius 1 is 1.67 bits per heavy atom.